The van der Waals surface area contributed by atoms with Gasteiger partial charge in [0.1, 0.15) is 11.4 Å². The molecule has 0 bridgehead atoms. The Labute approximate surface area is 123 Å². The van der Waals surface area contributed by atoms with E-state index in [1.165, 1.54) is 11.3 Å². The van der Waals surface area contributed by atoms with Gasteiger partial charge in [-0.1, -0.05) is 6.07 Å². The minimum atomic E-state index is 0.148. The number of anilines is 1. The van der Waals surface area contributed by atoms with E-state index in [1.807, 2.05) is 6.07 Å². The number of benzene rings is 1. The molecule has 0 atom stereocenters. The van der Waals surface area contributed by atoms with Crippen LogP contribution in [0.1, 0.15) is 22.5 Å². The van der Waals surface area contributed by atoms with E-state index in [4.69, 9.17) is 10.7 Å². The summed E-state index contributed by atoms with van der Waals surface area (Å²) in [7, 11) is 0. The highest BCUT2D eigenvalue weighted by Gasteiger charge is 2.09. The van der Waals surface area contributed by atoms with Gasteiger partial charge in [0, 0.05) is 11.9 Å². The van der Waals surface area contributed by atoms with Gasteiger partial charge in [-0.05, 0) is 62.1 Å². The van der Waals surface area contributed by atoms with Crippen LogP contribution in [-0.4, -0.2) is 14.5 Å². The maximum absolute atomic E-state index is 9.65. The van der Waals surface area contributed by atoms with Crippen LogP contribution in [0.4, 0.5) is 5.69 Å². The van der Waals surface area contributed by atoms with Gasteiger partial charge >= 0.3 is 0 Å². The largest absolute Gasteiger partial charge is 0.506 e. The quantitative estimate of drug-likeness (QED) is 0.573. The molecular weight excluding hydrogens is 262 g/mol. The van der Waals surface area contributed by atoms with Crippen LogP contribution < -0.4 is 5.73 Å². The minimum Gasteiger partial charge on any atom is -0.506 e. The normalized spacial score (nSPS) is 11.1. The summed E-state index contributed by atoms with van der Waals surface area (Å²) in [6.45, 7) is 4.16. The topological polar surface area (TPSA) is 63.5 Å². The number of imidazole rings is 1. The first kappa shape index (κ1) is 13.5. The number of phenolic OH excluding ortho intramolecular Hbond substituents is 1. The van der Waals surface area contributed by atoms with Gasteiger partial charge in [0.2, 0.25) is 0 Å². The van der Waals surface area contributed by atoms with Crippen molar-refractivity contribution in [2.75, 3.05) is 5.73 Å². The van der Waals surface area contributed by atoms with Crippen molar-refractivity contribution < 1.29 is 5.11 Å². The lowest BCUT2D eigenvalue weighted by Gasteiger charge is -2.04. The summed E-state index contributed by atoms with van der Waals surface area (Å²) in [5.74, 6) is 0.148. The molecule has 0 saturated carbocycles. The second-order valence-electron chi connectivity index (χ2n) is 5.47. The highest BCUT2D eigenvalue weighted by molar-refractivity contribution is 5.53. The van der Waals surface area contributed by atoms with Crippen LogP contribution in [0.5, 0.6) is 5.75 Å². The van der Waals surface area contributed by atoms with Gasteiger partial charge in [-0.25, -0.2) is 4.98 Å². The lowest BCUT2D eigenvalue weighted by atomic mass is 10.1. The second-order valence-corrected chi connectivity index (χ2v) is 5.47. The minimum absolute atomic E-state index is 0.148. The highest BCUT2D eigenvalue weighted by atomic mass is 16.3. The fourth-order valence-corrected chi connectivity index (χ4v) is 2.56. The van der Waals surface area contributed by atoms with Crippen LogP contribution in [-0.2, 0) is 12.8 Å². The molecule has 108 valence electrons. The summed E-state index contributed by atoms with van der Waals surface area (Å²) >= 11 is 0. The molecule has 1 aromatic carbocycles. The standard InChI is InChI=1S/C17H19N3O/c1-11-7-8-20-12(2)15(19-17(20)9-11)6-4-13-3-5-14(18)16(21)10-13/h3,5,7-10,21H,4,6,18H2,1-2H3. The van der Waals surface area contributed by atoms with Crippen molar-refractivity contribution in [3.8, 4) is 5.75 Å². The number of nitrogen functional groups attached to an aromatic ring is 1. The third-order valence-electron chi connectivity index (χ3n) is 3.86. The number of aryl methyl sites for hydroxylation is 4. The third kappa shape index (κ3) is 2.57. The zero-order chi connectivity index (χ0) is 15.0. The van der Waals surface area contributed by atoms with Gasteiger partial charge in [-0.3, -0.25) is 0 Å². The van der Waals surface area contributed by atoms with Crippen LogP contribution in [0.25, 0.3) is 5.65 Å². The number of phenols is 1. The number of hydrogen-bond donors (Lipinski definition) is 2. The van der Waals surface area contributed by atoms with Gasteiger partial charge in [0.05, 0.1) is 11.4 Å². The van der Waals surface area contributed by atoms with Crippen molar-refractivity contribution in [3.05, 3.63) is 59.0 Å². The average molecular weight is 281 g/mol. The number of pyridine rings is 1. The molecule has 0 saturated heterocycles. The predicted octanol–water partition coefficient (Wildman–Crippen LogP) is 3.02. The molecule has 3 N–H and O–H groups in total. The van der Waals surface area contributed by atoms with Crippen LogP contribution in [0.15, 0.2) is 36.5 Å². The molecule has 0 radical (unpaired) electrons. The van der Waals surface area contributed by atoms with Crippen LogP contribution >= 0.6 is 0 Å². The SMILES string of the molecule is Cc1ccn2c(C)c(CCc3ccc(N)c(O)c3)nc2c1. The van der Waals surface area contributed by atoms with Crippen LogP contribution in [0, 0.1) is 13.8 Å². The zero-order valence-corrected chi connectivity index (χ0v) is 12.3. The number of nitrogens with two attached hydrogens (primary N) is 1. The first-order valence-corrected chi connectivity index (χ1v) is 7.06. The van der Waals surface area contributed by atoms with Gasteiger partial charge in [0.15, 0.2) is 0 Å². The molecule has 3 rings (SSSR count). The van der Waals surface area contributed by atoms with Crippen LogP contribution in [0.3, 0.4) is 0 Å². The maximum atomic E-state index is 9.65. The predicted molar refractivity (Wildman–Crippen MR) is 84.6 cm³/mol. The summed E-state index contributed by atoms with van der Waals surface area (Å²) < 4.78 is 2.11. The molecule has 0 amide bonds. The maximum Gasteiger partial charge on any atom is 0.138 e. The number of rotatable bonds is 3. The van der Waals surface area contributed by atoms with E-state index in [1.54, 1.807) is 12.1 Å². The molecule has 0 aliphatic rings. The van der Waals surface area contributed by atoms with E-state index >= 15 is 0 Å². The van der Waals surface area contributed by atoms with Crippen LogP contribution in [0.2, 0.25) is 0 Å². The fourth-order valence-electron chi connectivity index (χ4n) is 2.56. The molecule has 0 spiro atoms. The van der Waals surface area contributed by atoms with Crippen molar-refractivity contribution in [2.24, 2.45) is 0 Å². The van der Waals surface area contributed by atoms with E-state index in [2.05, 4.69) is 36.6 Å². The third-order valence-corrected chi connectivity index (χ3v) is 3.86. The summed E-state index contributed by atoms with van der Waals surface area (Å²) in [6, 6.07) is 9.59. The Kier molecular flexibility index (Phi) is 3.29. The molecule has 2 heterocycles. The Morgan fingerprint density at radius 2 is 1.95 bits per heavy atom. The summed E-state index contributed by atoms with van der Waals surface area (Å²) in [4.78, 5) is 4.70. The zero-order valence-electron chi connectivity index (χ0n) is 12.3. The lowest BCUT2D eigenvalue weighted by molar-refractivity contribution is 0.477. The van der Waals surface area contributed by atoms with E-state index in [0.717, 1.165) is 29.7 Å². The highest BCUT2D eigenvalue weighted by Crippen LogP contribution is 2.22. The first-order valence-electron chi connectivity index (χ1n) is 7.06. The smallest absolute Gasteiger partial charge is 0.138 e. The Bertz CT molecular complexity index is 805. The molecular formula is C17H19N3O. The number of hydrogen-bond acceptors (Lipinski definition) is 3. The molecule has 0 aliphatic heterocycles. The van der Waals surface area contributed by atoms with E-state index in [9.17, 15) is 5.11 Å². The van der Waals surface area contributed by atoms with Gasteiger partial charge in [0.25, 0.3) is 0 Å². The Hall–Kier alpha value is -2.49. The molecule has 21 heavy (non-hydrogen) atoms. The van der Waals surface area contributed by atoms with Crippen molar-refractivity contribution in [3.63, 3.8) is 0 Å². The van der Waals surface area contributed by atoms with E-state index < -0.39 is 0 Å². The van der Waals surface area contributed by atoms with Gasteiger partial charge < -0.3 is 15.2 Å². The average Bonchev–Trinajstić information content (AvgIpc) is 2.76. The first-order chi connectivity index (χ1) is 10.0. The molecule has 4 heteroatoms. The van der Waals surface area contributed by atoms with Crippen molar-refractivity contribution in [2.45, 2.75) is 26.7 Å². The lowest BCUT2D eigenvalue weighted by Crippen LogP contribution is -1.95. The fraction of sp³-hybridized carbons (Fsp3) is 0.235. The number of fused-ring (bicyclic) bond motifs is 1. The summed E-state index contributed by atoms with van der Waals surface area (Å²) in [5.41, 5.74) is 11.6. The van der Waals surface area contributed by atoms with Crippen molar-refractivity contribution in [1.29, 1.82) is 0 Å². The molecule has 4 nitrogen and oxygen atoms in total. The Balaban J connectivity index is 1.84. The molecule has 0 aliphatic carbocycles. The molecule has 0 fully saturated rings. The monoisotopic (exact) mass is 281 g/mol. The van der Waals surface area contributed by atoms with E-state index in [0.29, 0.717) is 5.69 Å². The Morgan fingerprint density at radius 1 is 1.14 bits per heavy atom. The number of aromatic nitrogens is 2. The molecule has 0 unspecified atom stereocenters. The van der Waals surface area contributed by atoms with E-state index in [-0.39, 0.29) is 5.75 Å². The molecule has 3 aromatic rings. The van der Waals surface area contributed by atoms with Gasteiger partial charge in [-0.15, -0.1) is 0 Å². The summed E-state index contributed by atoms with van der Waals surface area (Å²) in [5, 5.41) is 9.65. The van der Waals surface area contributed by atoms with Crippen molar-refractivity contribution >= 4 is 11.3 Å². The number of aromatic hydroxyl groups is 1. The van der Waals surface area contributed by atoms with Crippen molar-refractivity contribution in [1.82, 2.24) is 9.38 Å². The number of nitrogens with zero attached hydrogens (tertiary/aromatic N) is 2. The summed E-state index contributed by atoms with van der Waals surface area (Å²) in [6.07, 6.45) is 3.74. The van der Waals surface area contributed by atoms with Gasteiger partial charge in [-0.2, -0.15) is 0 Å². The second kappa shape index (κ2) is 5.13. The molecule has 2 aromatic heterocycles. The Morgan fingerprint density at radius 3 is 2.71 bits per heavy atom.